The van der Waals surface area contributed by atoms with Crippen molar-refractivity contribution in [3.8, 4) is 0 Å². The fourth-order valence-corrected chi connectivity index (χ4v) is 2.21. The second-order valence-electron chi connectivity index (χ2n) is 4.15. The fraction of sp³-hybridized carbons (Fsp3) is 0.0714. The third kappa shape index (κ3) is 3.08. The molecule has 3 nitrogen and oxygen atoms in total. The first kappa shape index (κ1) is 13.9. The molecule has 0 unspecified atom stereocenters. The summed E-state index contributed by atoms with van der Waals surface area (Å²) in [6.45, 7) is 1.95. The Morgan fingerprint density at radius 1 is 1.32 bits per heavy atom. The standard InChI is InChI=1S/C14H12BrClN2O/c1-8-5-6-10(15)12(7-8)18-14(19)9-3-2-4-11(17)13(9)16/h2-7H,17H2,1H3,(H,18,19). The summed E-state index contributed by atoms with van der Waals surface area (Å²) in [5, 5.41) is 3.08. The van der Waals surface area contributed by atoms with E-state index in [0.29, 0.717) is 16.9 Å². The maximum Gasteiger partial charge on any atom is 0.257 e. The number of halogens is 2. The average molecular weight is 340 g/mol. The van der Waals surface area contributed by atoms with Gasteiger partial charge in [-0.3, -0.25) is 4.79 Å². The molecule has 0 aliphatic rings. The molecule has 0 heterocycles. The van der Waals surface area contributed by atoms with E-state index in [1.165, 1.54) is 0 Å². The largest absolute Gasteiger partial charge is 0.398 e. The molecule has 0 bridgehead atoms. The number of nitrogen functional groups attached to an aromatic ring is 1. The third-order valence-corrected chi connectivity index (χ3v) is 3.76. The number of carbonyl (C=O) groups is 1. The zero-order valence-corrected chi connectivity index (χ0v) is 12.5. The first-order chi connectivity index (χ1) is 8.99. The van der Waals surface area contributed by atoms with Gasteiger partial charge in [-0.2, -0.15) is 0 Å². The van der Waals surface area contributed by atoms with Crippen molar-refractivity contribution in [2.24, 2.45) is 0 Å². The van der Waals surface area contributed by atoms with E-state index in [0.717, 1.165) is 10.0 Å². The van der Waals surface area contributed by atoms with Crippen LogP contribution in [0.15, 0.2) is 40.9 Å². The number of carbonyl (C=O) groups excluding carboxylic acids is 1. The molecule has 0 radical (unpaired) electrons. The van der Waals surface area contributed by atoms with Crippen LogP contribution in [0.2, 0.25) is 5.02 Å². The van der Waals surface area contributed by atoms with Crippen molar-refractivity contribution in [1.29, 1.82) is 0 Å². The van der Waals surface area contributed by atoms with Crippen LogP contribution in [0.4, 0.5) is 11.4 Å². The molecular weight excluding hydrogens is 328 g/mol. The molecule has 0 saturated heterocycles. The molecule has 98 valence electrons. The molecule has 5 heteroatoms. The van der Waals surface area contributed by atoms with E-state index in [2.05, 4.69) is 21.2 Å². The van der Waals surface area contributed by atoms with Gasteiger partial charge < -0.3 is 11.1 Å². The highest BCUT2D eigenvalue weighted by molar-refractivity contribution is 9.10. The van der Waals surface area contributed by atoms with Crippen molar-refractivity contribution in [2.45, 2.75) is 6.92 Å². The Kier molecular flexibility index (Phi) is 4.12. The van der Waals surface area contributed by atoms with E-state index < -0.39 is 0 Å². The number of nitrogens with two attached hydrogens (primary N) is 1. The van der Waals surface area contributed by atoms with Gasteiger partial charge in [-0.15, -0.1) is 0 Å². The lowest BCUT2D eigenvalue weighted by Crippen LogP contribution is -2.13. The van der Waals surface area contributed by atoms with Crippen LogP contribution in [0.5, 0.6) is 0 Å². The highest BCUT2D eigenvalue weighted by Crippen LogP contribution is 2.27. The van der Waals surface area contributed by atoms with Gasteiger partial charge in [0.05, 0.1) is 22.0 Å². The van der Waals surface area contributed by atoms with Gasteiger partial charge in [0.15, 0.2) is 0 Å². The molecule has 0 fully saturated rings. The predicted octanol–water partition coefficient (Wildman–Crippen LogP) is 4.25. The Hall–Kier alpha value is -1.52. The smallest absolute Gasteiger partial charge is 0.257 e. The minimum absolute atomic E-state index is 0.267. The fourth-order valence-electron chi connectivity index (χ4n) is 1.65. The van der Waals surface area contributed by atoms with E-state index in [4.69, 9.17) is 17.3 Å². The van der Waals surface area contributed by atoms with Crippen molar-refractivity contribution in [3.63, 3.8) is 0 Å². The maximum atomic E-state index is 12.2. The second-order valence-corrected chi connectivity index (χ2v) is 5.38. The van der Waals surface area contributed by atoms with E-state index in [1.807, 2.05) is 25.1 Å². The molecule has 0 aliphatic carbocycles. The van der Waals surface area contributed by atoms with E-state index in [9.17, 15) is 4.79 Å². The maximum absolute atomic E-state index is 12.2. The molecule has 0 aromatic heterocycles. The van der Waals surface area contributed by atoms with Crippen molar-refractivity contribution >= 4 is 44.8 Å². The topological polar surface area (TPSA) is 55.1 Å². The molecular formula is C14H12BrClN2O. The highest BCUT2D eigenvalue weighted by atomic mass is 79.9. The third-order valence-electron chi connectivity index (χ3n) is 2.64. The summed E-state index contributed by atoms with van der Waals surface area (Å²) in [6, 6.07) is 10.7. The van der Waals surface area contributed by atoms with Crippen LogP contribution in [0.25, 0.3) is 0 Å². The van der Waals surface area contributed by atoms with Crippen LogP contribution in [-0.2, 0) is 0 Å². The van der Waals surface area contributed by atoms with Gasteiger partial charge in [-0.25, -0.2) is 0 Å². The van der Waals surface area contributed by atoms with Gasteiger partial charge in [0.2, 0.25) is 0 Å². The SMILES string of the molecule is Cc1ccc(Br)c(NC(=O)c2cccc(N)c2Cl)c1. The number of hydrogen-bond donors (Lipinski definition) is 2. The average Bonchev–Trinajstić information content (AvgIpc) is 2.37. The molecule has 2 rings (SSSR count). The lowest BCUT2D eigenvalue weighted by atomic mass is 10.1. The molecule has 2 aromatic rings. The number of nitrogens with one attached hydrogen (secondary N) is 1. The lowest BCUT2D eigenvalue weighted by molar-refractivity contribution is 0.102. The van der Waals surface area contributed by atoms with E-state index in [1.54, 1.807) is 18.2 Å². The van der Waals surface area contributed by atoms with Crippen LogP contribution in [-0.4, -0.2) is 5.91 Å². The van der Waals surface area contributed by atoms with Crippen molar-refractivity contribution < 1.29 is 4.79 Å². The Balaban J connectivity index is 2.31. The lowest BCUT2D eigenvalue weighted by Gasteiger charge is -2.10. The van der Waals surface area contributed by atoms with Gasteiger partial charge >= 0.3 is 0 Å². The highest BCUT2D eigenvalue weighted by Gasteiger charge is 2.13. The quantitative estimate of drug-likeness (QED) is 0.804. The first-order valence-electron chi connectivity index (χ1n) is 5.60. The monoisotopic (exact) mass is 338 g/mol. The molecule has 0 saturated carbocycles. The number of rotatable bonds is 2. The minimum atomic E-state index is -0.288. The van der Waals surface area contributed by atoms with Crippen LogP contribution >= 0.6 is 27.5 Å². The van der Waals surface area contributed by atoms with Crippen LogP contribution in [0, 0.1) is 6.92 Å². The van der Waals surface area contributed by atoms with Gasteiger partial charge in [0.1, 0.15) is 0 Å². The Bertz CT molecular complexity index is 643. The predicted molar refractivity (Wildman–Crippen MR) is 82.7 cm³/mol. The van der Waals surface area contributed by atoms with Crippen LogP contribution in [0.3, 0.4) is 0 Å². The molecule has 19 heavy (non-hydrogen) atoms. The Morgan fingerprint density at radius 2 is 2.05 bits per heavy atom. The first-order valence-corrected chi connectivity index (χ1v) is 6.77. The molecule has 0 spiro atoms. The normalized spacial score (nSPS) is 10.3. The molecule has 0 atom stereocenters. The number of amides is 1. The van der Waals surface area contributed by atoms with Gasteiger partial charge in [0, 0.05) is 4.47 Å². The Labute approximate surface area is 124 Å². The van der Waals surface area contributed by atoms with Gasteiger partial charge in [0.25, 0.3) is 5.91 Å². The molecule has 1 amide bonds. The summed E-state index contributed by atoms with van der Waals surface area (Å²) in [7, 11) is 0. The molecule has 3 N–H and O–H groups in total. The molecule has 2 aromatic carbocycles. The Morgan fingerprint density at radius 3 is 2.79 bits per heavy atom. The van der Waals surface area contributed by atoms with Crippen LogP contribution in [0.1, 0.15) is 15.9 Å². The second kappa shape index (κ2) is 5.63. The number of benzene rings is 2. The number of hydrogen-bond acceptors (Lipinski definition) is 2. The van der Waals surface area contributed by atoms with Crippen LogP contribution < -0.4 is 11.1 Å². The summed E-state index contributed by atoms with van der Waals surface area (Å²) >= 11 is 9.42. The van der Waals surface area contributed by atoms with Crippen molar-refractivity contribution in [1.82, 2.24) is 0 Å². The number of anilines is 2. The van der Waals surface area contributed by atoms with Crippen molar-refractivity contribution in [2.75, 3.05) is 11.1 Å². The number of aryl methyl sites for hydroxylation is 1. The van der Waals surface area contributed by atoms with Crippen molar-refractivity contribution in [3.05, 3.63) is 57.0 Å². The molecule has 0 aliphatic heterocycles. The summed E-state index contributed by atoms with van der Waals surface area (Å²) in [5.41, 5.74) is 8.18. The summed E-state index contributed by atoms with van der Waals surface area (Å²) in [4.78, 5) is 12.2. The zero-order valence-electron chi connectivity index (χ0n) is 10.2. The van der Waals surface area contributed by atoms with E-state index in [-0.39, 0.29) is 10.9 Å². The van der Waals surface area contributed by atoms with Gasteiger partial charge in [-0.05, 0) is 52.7 Å². The summed E-state index contributed by atoms with van der Waals surface area (Å²) < 4.78 is 0.812. The minimum Gasteiger partial charge on any atom is -0.398 e. The zero-order chi connectivity index (χ0) is 14.0. The van der Waals surface area contributed by atoms with E-state index >= 15 is 0 Å². The summed E-state index contributed by atoms with van der Waals surface area (Å²) in [5.74, 6) is -0.288. The van der Waals surface area contributed by atoms with Gasteiger partial charge in [-0.1, -0.05) is 23.7 Å². The summed E-state index contributed by atoms with van der Waals surface area (Å²) in [6.07, 6.45) is 0.